The second kappa shape index (κ2) is 6.49. The molecule has 1 fully saturated rings. The van der Waals surface area contributed by atoms with Gasteiger partial charge in [0.1, 0.15) is 0 Å². The lowest BCUT2D eigenvalue weighted by atomic mass is 10.1. The summed E-state index contributed by atoms with van der Waals surface area (Å²) in [5.74, 6) is -0.692. The average molecular weight is 276 g/mol. The number of para-hydroxylation sites is 1. The second-order valence-electron chi connectivity index (χ2n) is 5.02. The van der Waals surface area contributed by atoms with E-state index in [4.69, 9.17) is 5.73 Å². The van der Waals surface area contributed by atoms with E-state index in [1.54, 1.807) is 24.3 Å². The van der Waals surface area contributed by atoms with Crippen LogP contribution in [0.5, 0.6) is 0 Å². The third kappa shape index (κ3) is 3.55. The third-order valence-electron chi connectivity index (χ3n) is 3.52. The van der Waals surface area contributed by atoms with E-state index >= 15 is 0 Å². The minimum atomic E-state index is -0.547. The number of nitrogens with zero attached hydrogens (tertiary/aromatic N) is 1. The van der Waals surface area contributed by atoms with Crippen molar-refractivity contribution in [2.24, 2.45) is 5.73 Å². The molecule has 1 aromatic carbocycles. The lowest BCUT2D eigenvalue weighted by Gasteiger charge is -2.22. The Morgan fingerprint density at radius 3 is 2.85 bits per heavy atom. The summed E-state index contributed by atoms with van der Waals surface area (Å²) < 4.78 is 0. The quantitative estimate of drug-likeness (QED) is 0.707. The van der Waals surface area contributed by atoms with Crippen molar-refractivity contribution in [3.05, 3.63) is 29.8 Å². The molecule has 0 saturated carbocycles. The Morgan fingerprint density at radius 2 is 2.20 bits per heavy atom. The Labute approximate surface area is 118 Å². The monoisotopic (exact) mass is 276 g/mol. The molecule has 1 aliphatic heterocycles. The van der Waals surface area contributed by atoms with Crippen LogP contribution in [-0.2, 0) is 4.79 Å². The maximum Gasteiger partial charge on any atom is 0.250 e. The van der Waals surface area contributed by atoms with E-state index in [2.05, 4.69) is 10.6 Å². The molecule has 0 aliphatic carbocycles. The zero-order valence-corrected chi connectivity index (χ0v) is 11.6. The van der Waals surface area contributed by atoms with E-state index in [1.807, 2.05) is 11.9 Å². The van der Waals surface area contributed by atoms with Gasteiger partial charge in [-0.1, -0.05) is 12.1 Å². The Hall–Kier alpha value is -1.92. The van der Waals surface area contributed by atoms with Crippen molar-refractivity contribution in [2.75, 3.05) is 32.0 Å². The summed E-state index contributed by atoms with van der Waals surface area (Å²) in [6.45, 7) is 2.18. The molecule has 1 aromatic rings. The van der Waals surface area contributed by atoms with Crippen LogP contribution >= 0.6 is 0 Å². The summed E-state index contributed by atoms with van der Waals surface area (Å²) in [7, 11) is 1.93. The van der Waals surface area contributed by atoms with Crippen LogP contribution in [-0.4, -0.2) is 49.4 Å². The van der Waals surface area contributed by atoms with Gasteiger partial charge in [0.05, 0.1) is 17.8 Å². The standard InChI is InChI=1S/C14H20N4O2/c1-18(10-6-7-16-8-10)9-13(19)17-12-5-3-2-4-11(12)14(15)20/h2-5,10,16H,6-9H2,1H3,(H2,15,20)(H,17,19). The molecule has 0 aromatic heterocycles. The number of hydrogen-bond acceptors (Lipinski definition) is 4. The van der Waals surface area contributed by atoms with E-state index in [0.29, 0.717) is 23.8 Å². The topological polar surface area (TPSA) is 87.5 Å². The number of hydrogen-bond donors (Lipinski definition) is 3. The number of nitrogens with one attached hydrogen (secondary N) is 2. The molecule has 108 valence electrons. The molecule has 1 heterocycles. The molecular formula is C14H20N4O2. The van der Waals surface area contributed by atoms with E-state index in [1.165, 1.54) is 0 Å². The first kappa shape index (κ1) is 14.5. The zero-order chi connectivity index (χ0) is 14.5. The van der Waals surface area contributed by atoms with Gasteiger partial charge >= 0.3 is 0 Å². The Bertz CT molecular complexity index is 498. The van der Waals surface area contributed by atoms with Crippen LogP contribution in [0.4, 0.5) is 5.69 Å². The molecule has 1 aliphatic rings. The fourth-order valence-electron chi connectivity index (χ4n) is 2.37. The largest absolute Gasteiger partial charge is 0.366 e. The van der Waals surface area contributed by atoms with Gasteiger partial charge in [-0.25, -0.2) is 0 Å². The highest BCUT2D eigenvalue weighted by atomic mass is 16.2. The number of rotatable bonds is 5. The normalized spacial score (nSPS) is 18.2. The molecule has 20 heavy (non-hydrogen) atoms. The molecule has 0 radical (unpaired) electrons. The first-order valence-corrected chi connectivity index (χ1v) is 6.67. The minimum absolute atomic E-state index is 0.145. The molecule has 0 spiro atoms. The fraction of sp³-hybridized carbons (Fsp3) is 0.429. The highest BCUT2D eigenvalue weighted by Gasteiger charge is 2.21. The van der Waals surface area contributed by atoms with Crippen molar-refractivity contribution in [1.82, 2.24) is 10.2 Å². The molecular weight excluding hydrogens is 256 g/mol. The van der Waals surface area contributed by atoms with Crippen LogP contribution in [0.15, 0.2) is 24.3 Å². The van der Waals surface area contributed by atoms with Crippen LogP contribution in [0.2, 0.25) is 0 Å². The molecule has 6 heteroatoms. The fourth-order valence-corrected chi connectivity index (χ4v) is 2.37. The van der Waals surface area contributed by atoms with Crippen molar-refractivity contribution in [3.8, 4) is 0 Å². The van der Waals surface area contributed by atoms with E-state index in [9.17, 15) is 9.59 Å². The highest BCUT2D eigenvalue weighted by Crippen LogP contribution is 2.14. The van der Waals surface area contributed by atoms with E-state index in [0.717, 1.165) is 19.5 Å². The number of likely N-dealkylation sites (N-methyl/N-ethyl adjacent to an activating group) is 1. The van der Waals surface area contributed by atoms with Crippen LogP contribution in [0.25, 0.3) is 0 Å². The molecule has 2 rings (SSSR count). The molecule has 1 saturated heterocycles. The molecule has 2 amide bonds. The number of anilines is 1. The predicted molar refractivity (Wildman–Crippen MR) is 77.5 cm³/mol. The lowest BCUT2D eigenvalue weighted by Crippen LogP contribution is -2.39. The predicted octanol–water partition coefficient (Wildman–Crippen LogP) is 0.0177. The summed E-state index contributed by atoms with van der Waals surface area (Å²) in [4.78, 5) is 25.3. The highest BCUT2D eigenvalue weighted by molar-refractivity contribution is 6.03. The Kier molecular flexibility index (Phi) is 4.70. The van der Waals surface area contributed by atoms with Gasteiger partial charge in [-0.05, 0) is 32.1 Å². The Morgan fingerprint density at radius 1 is 1.45 bits per heavy atom. The van der Waals surface area contributed by atoms with Crippen molar-refractivity contribution in [1.29, 1.82) is 0 Å². The van der Waals surface area contributed by atoms with Gasteiger partial charge in [0, 0.05) is 12.6 Å². The van der Waals surface area contributed by atoms with Gasteiger partial charge in [0.15, 0.2) is 0 Å². The third-order valence-corrected chi connectivity index (χ3v) is 3.52. The number of carbonyl (C=O) groups excluding carboxylic acids is 2. The summed E-state index contributed by atoms with van der Waals surface area (Å²) in [6.07, 6.45) is 1.04. The van der Waals surface area contributed by atoms with Gasteiger partial charge in [-0.2, -0.15) is 0 Å². The first-order chi connectivity index (χ1) is 9.58. The van der Waals surface area contributed by atoms with Crippen molar-refractivity contribution in [2.45, 2.75) is 12.5 Å². The first-order valence-electron chi connectivity index (χ1n) is 6.67. The maximum absolute atomic E-state index is 12.0. The van der Waals surface area contributed by atoms with Gasteiger partial charge in [0.2, 0.25) is 5.91 Å². The molecule has 0 bridgehead atoms. The number of primary amides is 1. The van der Waals surface area contributed by atoms with Gasteiger partial charge in [-0.3, -0.25) is 14.5 Å². The summed E-state index contributed by atoms with van der Waals surface area (Å²) >= 11 is 0. The smallest absolute Gasteiger partial charge is 0.250 e. The minimum Gasteiger partial charge on any atom is -0.366 e. The van der Waals surface area contributed by atoms with E-state index in [-0.39, 0.29) is 5.91 Å². The van der Waals surface area contributed by atoms with Crippen molar-refractivity contribution < 1.29 is 9.59 Å². The lowest BCUT2D eigenvalue weighted by molar-refractivity contribution is -0.117. The van der Waals surface area contributed by atoms with E-state index < -0.39 is 5.91 Å². The van der Waals surface area contributed by atoms with Crippen LogP contribution in [0, 0.1) is 0 Å². The molecule has 6 nitrogen and oxygen atoms in total. The number of carbonyl (C=O) groups is 2. The second-order valence-corrected chi connectivity index (χ2v) is 5.02. The van der Waals surface area contributed by atoms with Gasteiger partial charge in [-0.15, -0.1) is 0 Å². The average Bonchev–Trinajstić information content (AvgIpc) is 2.92. The van der Waals surface area contributed by atoms with Crippen molar-refractivity contribution >= 4 is 17.5 Å². The number of nitrogens with two attached hydrogens (primary N) is 1. The molecule has 1 unspecified atom stereocenters. The molecule has 1 atom stereocenters. The van der Waals surface area contributed by atoms with Crippen molar-refractivity contribution in [3.63, 3.8) is 0 Å². The van der Waals surface area contributed by atoms with Gasteiger partial charge in [0.25, 0.3) is 5.91 Å². The zero-order valence-electron chi connectivity index (χ0n) is 11.6. The van der Waals surface area contributed by atoms with Crippen LogP contribution < -0.4 is 16.4 Å². The summed E-state index contributed by atoms with van der Waals surface area (Å²) in [5.41, 5.74) is 6.07. The van der Waals surface area contributed by atoms with Crippen LogP contribution in [0.3, 0.4) is 0 Å². The maximum atomic E-state index is 12.0. The Balaban J connectivity index is 1.96. The number of benzene rings is 1. The summed E-state index contributed by atoms with van der Waals surface area (Å²) in [5, 5.41) is 6.01. The summed E-state index contributed by atoms with van der Waals surface area (Å²) in [6, 6.07) is 7.13. The van der Waals surface area contributed by atoms with Crippen LogP contribution in [0.1, 0.15) is 16.8 Å². The SMILES string of the molecule is CN(CC(=O)Nc1ccccc1C(N)=O)C1CCNC1. The van der Waals surface area contributed by atoms with Gasteiger partial charge < -0.3 is 16.4 Å². The molecule has 4 N–H and O–H groups in total. The number of amides is 2.